The van der Waals surface area contributed by atoms with Crippen LogP contribution in [0.5, 0.6) is 5.75 Å². The van der Waals surface area contributed by atoms with Crippen LogP contribution in [-0.2, 0) is 4.79 Å². The summed E-state index contributed by atoms with van der Waals surface area (Å²) in [7, 11) is 1.60. The Balaban J connectivity index is 2.08. The molecule has 25 heavy (non-hydrogen) atoms. The van der Waals surface area contributed by atoms with Gasteiger partial charge in [-0.25, -0.2) is 4.79 Å². The predicted octanol–water partition coefficient (Wildman–Crippen LogP) is 4.64. The summed E-state index contributed by atoms with van der Waals surface area (Å²) in [5.41, 5.74) is 1.61. The van der Waals surface area contributed by atoms with Gasteiger partial charge >= 0.3 is 5.97 Å². The molecule has 130 valence electrons. The average Bonchev–Trinajstić information content (AvgIpc) is 2.92. The number of ether oxygens (including phenoxy) is 1. The first-order valence-electron chi connectivity index (χ1n) is 7.62. The minimum Gasteiger partial charge on any atom is -0.497 e. The lowest BCUT2D eigenvalue weighted by Gasteiger charge is -2.27. The van der Waals surface area contributed by atoms with Crippen LogP contribution in [0.1, 0.15) is 18.5 Å². The number of carboxylic acid groups (broad SMARTS) is 1. The highest BCUT2D eigenvalue weighted by molar-refractivity contribution is 6.38. The van der Waals surface area contributed by atoms with Crippen molar-refractivity contribution < 1.29 is 14.6 Å². The van der Waals surface area contributed by atoms with Crippen molar-refractivity contribution in [1.82, 2.24) is 0 Å². The minimum atomic E-state index is -1.04. The fourth-order valence-corrected chi connectivity index (χ4v) is 3.47. The van der Waals surface area contributed by atoms with Crippen LogP contribution >= 0.6 is 23.2 Å². The fourth-order valence-electron chi connectivity index (χ4n) is 2.97. The Morgan fingerprint density at radius 3 is 2.44 bits per heavy atom. The molecule has 0 radical (unpaired) electrons. The molecule has 0 spiro atoms. The van der Waals surface area contributed by atoms with Gasteiger partial charge in [0.05, 0.1) is 23.9 Å². The summed E-state index contributed by atoms with van der Waals surface area (Å²) in [5.74, 6) is -0.638. The Bertz CT molecular complexity index is 837. The first-order valence-corrected chi connectivity index (χ1v) is 8.38. The first kappa shape index (κ1) is 17.6. The zero-order valence-electron chi connectivity index (χ0n) is 13.6. The van der Waals surface area contributed by atoms with Crippen LogP contribution in [0.4, 0.5) is 5.69 Å². The molecule has 2 atom stereocenters. The molecule has 2 aromatic rings. The Morgan fingerprint density at radius 1 is 1.20 bits per heavy atom. The van der Waals surface area contributed by atoms with Crippen molar-refractivity contribution in [3.05, 3.63) is 58.1 Å². The molecule has 0 saturated heterocycles. The van der Waals surface area contributed by atoms with Crippen molar-refractivity contribution in [2.24, 2.45) is 11.0 Å². The summed E-state index contributed by atoms with van der Waals surface area (Å²) < 4.78 is 5.19. The van der Waals surface area contributed by atoms with E-state index in [4.69, 9.17) is 27.9 Å². The lowest BCUT2D eigenvalue weighted by Crippen LogP contribution is -2.26. The number of hydrogen-bond acceptors (Lipinski definition) is 4. The molecule has 2 aromatic carbocycles. The van der Waals surface area contributed by atoms with Gasteiger partial charge in [-0.2, -0.15) is 5.10 Å². The quantitative estimate of drug-likeness (QED) is 0.841. The third-order valence-corrected chi connectivity index (χ3v) is 4.75. The molecule has 0 fully saturated rings. The van der Waals surface area contributed by atoms with Crippen LogP contribution in [-0.4, -0.2) is 23.9 Å². The van der Waals surface area contributed by atoms with E-state index < -0.39 is 5.97 Å². The van der Waals surface area contributed by atoms with Crippen LogP contribution in [0, 0.1) is 5.92 Å². The number of aliphatic carboxylic acids is 1. The highest BCUT2D eigenvalue weighted by Gasteiger charge is 2.40. The molecule has 1 heterocycles. The second kappa shape index (κ2) is 6.94. The summed E-state index contributed by atoms with van der Waals surface area (Å²) in [6, 6.07) is 12.2. The van der Waals surface area contributed by atoms with E-state index in [9.17, 15) is 9.90 Å². The Labute approximate surface area is 155 Å². The molecule has 5 nitrogen and oxygen atoms in total. The number of rotatable bonds is 4. The number of methoxy groups -OCH3 is 1. The van der Waals surface area contributed by atoms with E-state index in [-0.39, 0.29) is 17.7 Å². The van der Waals surface area contributed by atoms with Gasteiger partial charge in [0.2, 0.25) is 0 Å². The SMILES string of the molecule is COc1ccc([C@H]2[C@H](C)C(C(=O)O)=NN2c2ccc(Cl)cc2Cl)cc1. The summed E-state index contributed by atoms with van der Waals surface area (Å²) >= 11 is 12.3. The molecule has 0 aliphatic carbocycles. The highest BCUT2D eigenvalue weighted by Crippen LogP contribution is 2.42. The van der Waals surface area contributed by atoms with Gasteiger partial charge in [0.1, 0.15) is 5.75 Å². The number of benzene rings is 2. The van der Waals surface area contributed by atoms with E-state index in [0.29, 0.717) is 15.7 Å². The molecular weight excluding hydrogens is 363 g/mol. The van der Waals surface area contributed by atoms with Gasteiger partial charge in [0.25, 0.3) is 0 Å². The predicted molar refractivity (Wildman–Crippen MR) is 98.9 cm³/mol. The molecule has 0 amide bonds. The van der Waals surface area contributed by atoms with Gasteiger partial charge < -0.3 is 9.84 Å². The normalized spacial score (nSPS) is 19.7. The molecule has 1 N–H and O–H groups in total. The molecule has 7 heteroatoms. The summed E-state index contributed by atoms with van der Waals surface area (Å²) in [6.07, 6.45) is 0. The van der Waals surface area contributed by atoms with Gasteiger partial charge in [0, 0.05) is 10.9 Å². The number of carbonyl (C=O) groups is 1. The lowest BCUT2D eigenvalue weighted by atomic mass is 9.91. The van der Waals surface area contributed by atoms with E-state index >= 15 is 0 Å². The Hall–Kier alpha value is -2.24. The number of halogens is 2. The average molecular weight is 379 g/mol. The maximum Gasteiger partial charge on any atom is 0.352 e. The van der Waals surface area contributed by atoms with Gasteiger partial charge in [0.15, 0.2) is 5.71 Å². The molecule has 3 rings (SSSR count). The smallest absolute Gasteiger partial charge is 0.352 e. The Kier molecular flexibility index (Phi) is 4.88. The third-order valence-electron chi connectivity index (χ3n) is 4.22. The second-order valence-electron chi connectivity index (χ2n) is 5.74. The molecule has 0 bridgehead atoms. The third kappa shape index (κ3) is 3.30. The molecule has 0 aromatic heterocycles. The van der Waals surface area contributed by atoms with E-state index in [1.54, 1.807) is 30.3 Å². The lowest BCUT2D eigenvalue weighted by molar-refractivity contribution is -0.129. The van der Waals surface area contributed by atoms with Crippen LogP contribution in [0.2, 0.25) is 10.0 Å². The van der Waals surface area contributed by atoms with E-state index in [2.05, 4.69) is 5.10 Å². The summed E-state index contributed by atoms with van der Waals surface area (Å²) in [5, 5.41) is 16.4. The van der Waals surface area contributed by atoms with E-state index in [1.165, 1.54) is 0 Å². The molecule has 1 aliphatic rings. The van der Waals surface area contributed by atoms with Crippen LogP contribution in [0.3, 0.4) is 0 Å². The maximum atomic E-state index is 11.6. The highest BCUT2D eigenvalue weighted by atomic mass is 35.5. The zero-order valence-corrected chi connectivity index (χ0v) is 15.1. The van der Waals surface area contributed by atoms with Crippen molar-refractivity contribution in [2.45, 2.75) is 13.0 Å². The summed E-state index contributed by atoms with van der Waals surface area (Å²) in [4.78, 5) is 11.6. The molecular formula is C18H16Cl2N2O3. The van der Waals surface area contributed by atoms with Crippen LogP contribution in [0.15, 0.2) is 47.6 Å². The van der Waals surface area contributed by atoms with Crippen LogP contribution in [0.25, 0.3) is 0 Å². The molecule has 0 unspecified atom stereocenters. The Morgan fingerprint density at radius 2 is 1.88 bits per heavy atom. The number of carboxylic acids is 1. The fraction of sp³-hybridized carbons (Fsp3) is 0.222. The maximum absolute atomic E-state index is 11.6. The monoisotopic (exact) mass is 378 g/mol. The van der Waals surface area contributed by atoms with Gasteiger partial charge in [-0.05, 0) is 35.9 Å². The van der Waals surface area contributed by atoms with Gasteiger partial charge in [-0.1, -0.05) is 42.3 Å². The summed E-state index contributed by atoms with van der Waals surface area (Å²) in [6.45, 7) is 1.84. The van der Waals surface area contributed by atoms with Crippen LogP contribution < -0.4 is 9.75 Å². The number of hydrogen-bond donors (Lipinski definition) is 1. The topological polar surface area (TPSA) is 62.1 Å². The van der Waals surface area contributed by atoms with E-state index in [1.807, 2.05) is 31.2 Å². The van der Waals surface area contributed by atoms with Crippen molar-refractivity contribution in [3.63, 3.8) is 0 Å². The van der Waals surface area contributed by atoms with Gasteiger partial charge in [-0.3, -0.25) is 5.01 Å². The minimum absolute atomic E-state index is 0.0897. The second-order valence-corrected chi connectivity index (χ2v) is 6.58. The molecule has 0 saturated carbocycles. The van der Waals surface area contributed by atoms with Crippen molar-refractivity contribution >= 4 is 40.6 Å². The zero-order chi connectivity index (χ0) is 18.1. The number of nitrogens with zero attached hydrogens (tertiary/aromatic N) is 2. The van der Waals surface area contributed by atoms with E-state index in [0.717, 1.165) is 11.3 Å². The first-order chi connectivity index (χ1) is 11.9. The van der Waals surface area contributed by atoms with Crippen molar-refractivity contribution in [2.75, 3.05) is 12.1 Å². The van der Waals surface area contributed by atoms with Crippen molar-refractivity contribution in [1.29, 1.82) is 0 Å². The van der Waals surface area contributed by atoms with Gasteiger partial charge in [-0.15, -0.1) is 0 Å². The molecule has 1 aliphatic heterocycles. The largest absolute Gasteiger partial charge is 0.497 e. The number of anilines is 1. The van der Waals surface area contributed by atoms with Crippen molar-refractivity contribution in [3.8, 4) is 5.75 Å². The number of hydrazone groups is 1. The standard InChI is InChI=1S/C18H16Cl2N2O3/c1-10-16(18(23)24)21-22(15-8-5-12(19)9-14(15)20)17(10)11-3-6-13(25-2)7-4-11/h3-10,17H,1-2H3,(H,23,24)/t10-,17-/m1/s1.